The first-order valence-corrected chi connectivity index (χ1v) is 9.20. The van der Waals surface area contributed by atoms with Crippen molar-refractivity contribution in [2.75, 3.05) is 11.9 Å². The van der Waals surface area contributed by atoms with Gasteiger partial charge in [0.25, 0.3) is 0 Å². The van der Waals surface area contributed by atoms with Crippen LogP contribution in [0.2, 0.25) is 0 Å². The van der Waals surface area contributed by atoms with Crippen molar-refractivity contribution in [3.8, 4) is 0 Å². The average molecular weight is 337 g/mol. The van der Waals surface area contributed by atoms with E-state index in [2.05, 4.69) is 31.1 Å². The van der Waals surface area contributed by atoms with Gasteiger partial charge < -0.3 is 10.2 Å². The van der Waals surface area contributed by atoms with Gasteiger partial charge in [-0.1, -0.05) is 20.8 Å². The molecule has 1 saturated carbocycles. The van der Waals surface area contributed by atoms with Gasteiger partial charge in [0.1, 0.15) is 0 Å². The van der Waals surface area contributed by atoms with Crippen LogP contribution in [-0.2, 0) is 16.0 Å². The van der Waals surface area contributed by atoms with E-state index in [1.165, 1.54) is 17.8 Å². The van der Waals surface area contributed by atoms with Crippen molar-refractivity contribution >= 4 is 28.3 Å². The van der Waals surface area contributed by atoms with E-state index in [1.54, 1.807) is 0 Å². The molecule has 0 radical (unpaired) electrons. The number of carbonyl (C=O) groups is 2. The first kappa shape index (κ1) is 17.9. The molecule has 2 atom stereocenters. The summed E-state index contributed by atoms with van der Waals surface area (Å²) in [6, 6.07) is 0.203. The highest BCUT2D eigenvalue weighted by atomic mass is 32.1. The van der Waals surface area contributed by atoms with Crippen LogP contribution in [0.15, 0.2) is 5.38 Å². The highest BCUT2D eigenvalue weighted by Gasteiger charge is 2.35. The van der Waals surface area contributed by atoms with E-state index in [9.17, 15) is 9.59 Å². The van der Waals surface area contributed by atoms with E-state index in [-0.39, 0.29) is 23.8 Å². The molecule has 1 heterocycles. The summed E-state index contributed by atoms with van der Waals surface area (Å²) in [7, 11) is 0. The number of anilines is 1. The molecule has 0 saturated heterocycles. The maximum atomic E-state index is 12.6. The van der Waals surface area contributed by atoms with Gasteiger partial charge in [-0.15, -0.1) is 11.3 Å². The van der Waals surface area contributed by atoms with Gasteiger partial charge in [-0.2, -0.15) is 0 Å². The number of hydrogen-bond acceptors (Lipinski definition) is 4. The lowest BCUT2D eigenvalue weighted by Crippen LogP contribution is -2.39. The molecule has 6 heteroatoms. The number of thiazole rings is 1. The molecule has 2 rings (SSSR count). The Labute approximate surface area is 142 Å². The smallest absolute Gasteiger partial charge is 0.228 e. The van der Waals surface area contributed by atoms with Crippen LogP contribution in [0.1, 0.15) is 46.7 Å². The predicted octanol–water partition coefficient (Wildman–Crippen LogP) is 3.17. The second kappa shape index (κ2) is 7.43. The Balaban J connectivity index is 1.93. The van der Waals surface area contributed by atoms with Crippen LogP contribution in [0.4, 0.5) is 5.13 Å². The monoisotopic (exact) mass is 337 g/mol. The van der Waals surface area contributed by atoms with Crippen LogP contribution in [0.3, 0.4) is 0 Å². The summed E-state index contributed by atoms with van der Waals surface area (Å²) in [4.78, 5) is 30.6. The maximum absolute atomic E-state index is 12.6. The van der Waals surface area contributed by atoms with Gasteiger partial charge in [-0.05, 0) is 32.1 Å². The topological polar surface area (TPSA) is 62.3 Å². The van der Waals surface area contributed by atoms with Gasteiger partial charge in [-0.25, -0.2) is 4.98 Å². The average Bonchev–Trinajstić information content (AvgIpc) is 2.98. The molecule has 5 nitrogen and oxygen atoms in total. The first-order chi connectivity index (χ1) is 10.8. The Morgan fingerprint density at radius 1 is 1.39 bits per heavy atom. The Bertz CT molecular complexity index is 568. The summed E-state index contributed by atoms with van der Waals surface area (Å²) < 4.78 is 0. The second-order valence-corrected chi connectivity index (χ2v) is 7.94. The molecule has 1 fully saturated rings. The van der Waals surface area contributed by atoms with Crippen LogP contribution in [0, 0.1) is 17.8 Å². The maximum Gasteiger partial charge on any atom is 0.228 e. The number of hydrogen-bond donors (Lipinski definition) is 1. The van der Waals surface area contributed by atoms with Crippen LogP contribution in [0.5, 0.6) is 0 Å². The lowest BCUT2D eigenvalue weighted by Gasteiger charge is -2.26. The first-order valence-electron chi connectivity index (χ1n) is 8.32. The van der Waals surface area contributed by atoms with Crippen LogP contribution in [0.25, 0.3) is 0 Å². The van der Waals surface area contributed by atoms with Gasteiger partial charge in [0.2, 0.25) is 11.8 Å². The van der Waals surface area contributed by atoms with E-state index in [1.807, 2.05) is 24.1 Å². The largest absolute Gasteiger partial charge is 0.340 e. The highest BCUT2D eigenvalue weighted by Crippen LogP contribution is 2.38. The van der Waals surface area contributed by atoms with Crippen LogP contribution in [-0.4, -0.2) is 34.3 Å². The molecule has 1 aliphatic rings. The molecule has 2 amide bonds. The summed E-state index contributed by atoms with van der Waals surface area (Å²) in [6.07, 6.45) is 1.52. The molecular formula is C17H27N3O2S. The SMILES string of the molecule is CC(C)C(=O)Nc1nc(CC(=O)N(C[C@@H]2C[C@@H]2C)C(C)C)cs1. The number of nitrogens with zero attached hydrogens (tertiary/aromatic N) is 2. The molecule has 0 bridgehead atoms. The minimum atomic E-state index is -0.0825. The zero-order chi connectivity index (χ0) is 17.1. The number of carbonyl (C=O) groups excluding carboxylic acids is 2. The summed E-state index contributed by atoms with van der Waals surface area (Å²) in [5, 5.41) is 5.20. The van der Waals surface area contributed by atoms with E-state index < -0.39 is 0 Å². The number of amides is 2. The van der Waals surface area contributed by atoms with Crippen molar-refractivity contribution in [1.82, 2.24) is 9.88 Å². The van der Waals surface area contributed by atoms with E-state index in [0.29, 0.717) is 17.5 Å². The van der Waals surface area contributed by atoms with Crippen LogP contribution >= 0.6 is 11.3 Å². The quantitative estimate of drug-likeness (QED) is 0.831. The van der Waals surface area contributed by atoms with Crippen molar-refractivity contribution in [1.29, 1.82) is 0 Å². The fourth-order valence-corrected chi connectivity index (χ4v) is 3.17. The standard InChI is InChI=1S/C17H27N3O2S/c1-10(2)16(22)19-17-18-14(9-23-17)7-15(21)20(11(3)4)8-13-6-12(13)5/h9-13H,6-8H2,1-5H3,(H,18,19,22)/t12-,13-/m0/s1. The molecule has 1 aromatic rings. The van der Waals surface area contributed by atoms with Gasteiger partial charge >= 0.3 is 0 Å². The molecule has 128 valence electrons. The summed E-state index contributed by atoms with van der Waals surface area (Å²) in [5.74, 6) is 1.37. The summed E-state index contributed by atoms with van der Waals surface area (Å²) in [6.45, 7) is 10.9. The van der Waals surface area contributed by atoms with Gasteiger partial charge in [0.05, 0.1) is 12.1 Å². The van der Waals surface area contributed by atoms with Gasteiger partial charge in [0.15, 0.2) is 5.13 Å². The normalized spacial score (nSPS) is 20.0. The Morgan fingerprint density at radius 3 is 2.57 bits per heavy atom. The molecule has 0 unspecified atom stereocenters. The Morgan fingerprint density at radius 2 is 2.04 bits per heavy atom. The fourth-order valence-electron chi connectivity index (χ4n) is 2.46. The lowest BCUT2D eigenvalue weighted by molar-refractivity contribution is -0.132. The van der Waals surface area contributed by atoms with Gasteiger partial charge in [-0.3, -0.25) is 9.59 Å². The second-order valence-electron chi connectivity index (χ2n) is 7.08. The van der Waals surface area contributed by atoms with Crippen molar-refractivity contribution in [3.05, 3.63) is 11.1 Å². The third kappa shape index (κ3) is 5.03. The molecule has 0 aromatic carbocycles. The zero-order valence-electron chi connectivity index (χ0n) is 14.6. The van der Waals surface area contributed by atoms with Crippen molar-refractivity contribution in [2.45, 2.75) is 53.5 Å². The van der Waals surface area contributed by atoms with Gasteiger partial charge in [0, 0.05) is 23.9 Å². The highest BCUT2D eigenvalue weighted by molar-refractivity contribution is 7.13. The molecule has 0 aliphatic heterocycles. The summed E-state index contributed by atoms with van der Waals surface area (Å²) >= 11 is 1.37. The third-order valence-electron chi connectivity index (χ3n) is 4.29. The van der Waals surface area contributed by atoms with Crippen LogP contribution < -0.4 is 5.32 Å². The Kier molecular flexibility index (Phi) is 5.79. The van der Waals surface area contributed by atoms with Crippen molar-refractivity contribution in [3.63, 3.8) is 0 Å². The predicted molar refractivity (Wildman–Crippen MR) is 93.4 cm³/mol. The summed E-state index contributed by atoms with van der Waals surface area (Å²) in [5.41, 5.74) is 0.730. The number of rotatable bonds is 7. The molecule has 1 aliphatic carbocycles. The molecule has 23 heavy (non-hydrogen) atoms. The zero-order valence-corrected chi connectivity index (χ0v) is 15.4. The lowest BCUT2D eigenvalue weighted by atomic mass is 10.2. The van der Waals surface area contributed by atoms with E-state index in [0.717, 1.165) is 18.2 Å². The molecular weight excluding hydrogens is 310 g/mol. The Hall–Kier alpha value is -1.43. The minimum absolute atomic E-state index is 0.0521. The molecule has 0 spiro atoms. The molecule has 1 N–H and O–H groups in total. The minimum Gasteiger partial charge on any atom is -0.340 e. The number of nitrogens with one attached hydrogen (secondary N) is 1. The third-order valence-corrected chi connectivity index (χ3v) is 5.10. The van der Waals surface area contributed by atoms with E-state index >= 15 is 0 Å². The van der Waals surface area contributed by atoms with Crippen molar-refractivity contribution < 1.29 is 9.59 Å². The number of aromatic nitrogens is 1. The van der Waals surface area contributed by atoms with E-state index in [4.69, 9.17) is 0 Å². The fraction of sp³-hybridized carbons (Fsp3) is 0.706. The van der Waals surface area contributed by atoms with Crippen molar-refractivity contribution in [2.24, 2.45) is 17.8 Å². The molecule has 1 aromatic heterocycles.